The van der Waals surface area contributed by atoms with Crippen LogP contribution in [0.3, 0.4) is 0 Å². The first-order valence-corrected chi connectivity index (χ1v) is 6.61. The molecule has 3 heteroatoms. The fourth-order valence-electron chi connectivity index (χ4n) is 2.29. The molecule has 0 saturated carbocycles. The SMILES string of the molecule is CC(C)C(=O)N1CCOC(Cc2ccccc2)C1. The molecular weight excluding hydrogens is 226 g/mol. The van der Waals surface area contributed by atoms with Gasteiger partial charge in [-0.2, -0.15) is 0 Å². The molecule has 0 aliphatic carbocycles. The zero-order valence-corrected chi connectivity index (χ0v) is 11.1. The van der Waals surface area contributed by atoms with Crippen molar-refractivity contribution < 1.29 is 9.53 Å². The number of hydrogen-bond acceptors (Lipinski definition) is 2. The van der Waals surface area contributed by atoms with Crippen molar-refractivity contribution in [2.45, 2.75) is 26.4 Å². The summed E-state index contributed by atoms with van der Waals surface area (Å²) in [4.78, 5) is 13.9. The molecule has 1 aromatic carbocycles. The van der Waals surface area contributed by atoms with Crippen LogP contribution < -0.4 is 0 Å². The molecule has 1 heterocycles. The van der Waals surface area contributed by atoms with Crippen LogP contribution in [0.25, 0.3) is 0 Å². The zero-order valence-electron chi connectivity index (χ0n) is 11.1. The normalized spacial score (nSPS) is 20.2. The first kappa shape index (κ1) is 13.1. The predicted molar refractivity (Wildman–Crippen MR) is 71.3 cm³/mol. The Balaban J connectivity index is 1.93. The predicted octanol–water partition coefficient (Wildman–Crippen LogP) is 2.11. The summed E-state index contributed by atoms with van der Waals surface area (Å²) in [6, 6.07) is 10.3. The molecule has 1 aliphatic rings. The maximum Gasteiger partial charge on any atom is 0.225 e. The molecule has 0 bridgehead atoms. The first-order chi connectivity index (χ1) is 8.66. The van der Waals surface area contributed by atoms with Crippen molar-refractivity contribution in [3.63, 3.8) is 0 Å². The lowest BCUT2D eigenvalue weighted by molar-refractivity contribution is -0.142. The minimum absolute atomic E-state index is 0.0699. The number of hydrogen-bond donors (Lipinski definition) is 0. The largest absolute Gasteiger partial charge is 0.374 e. The van der Waals surface area contributed by atoms with Crippen LogP contribution in [-0.4, -0.2) is 36.6 Å². The van der Waals surface area contributed by atoms with Crippen molar-refractivity contribution in [1.29, 1.82) is 0 Å². The van der Waals surface area contributed by atoms with Crippen LogP contribution in [0.4, 0.5) is 0 Å². The quantitative estimate of drug-likeness (QED) is 0.818. The van der Waals surface area contributed by atoms with Crippen molar-refractivity contribution in [3.05, 3.63) is 35.9 Å². The summed E-state index contributed by atoms with van der Waals surface area (Å²) in [5, 5.41) is 0. The highest BCUT2D eigenvalue weighted by Gasteiger charge is 2.25. The van der Waals surface area contributed by atoms with Gasteiger partial charge in [0.25, 0.3) is 0 Å². The Morgan fingerprint density at radius 1 is 1.39 bits per heavy atom. The maximum atomic E-state index is 12.0. The zero-order chi connectivity index (χ0) is 13.0. The minimum atomic E-state index is 0.0699. The summed E-state index contributed by atoms with van der Waals surface area (Å²) in [5.41, 5.74) is 1.27. The molecule has 0 N–H and O–H groups in total. The number of ether oxygens (including phenoxy) is 1. The molecule has 1 aliphatic heterocycles. The summed E-state index contributed by atoms with van der Waals surface area (Å²) < 4.78 is 5.75. The molecule has 1 amide bonds. The van der Waals surface area contributed by atoms with Gasteiger partial charge < -0.3 is 9.64 Å². The van der Waals surface area contributed by atoms with Gasteiger partial charge in [-0.3, -0.25) is 4.79 Å². The molecule has 98 valence electrons. The van der Waals surface area contributed by atoms with Crippen molar-refractivity contribution in [2.75, 3.05) is 19.7 Å². The van der Waals surface area contributed by atoms with Gasteiger partial charge in [-0.25, -0.2) is 0 Å². The second-order valence-corrected chi connectivity index (χ2v) is 5.12. The molecule has 3 nitrogen and oxygen atoms in total. The van der Waals surface area contributed by atoms with E-state index in [1.807, 2.05) is 36.9 Å². The van der Waals surface area contributed by atoms with Gasteiger partial charge >= 0.3 is 0 Å². The third-order valence-electron chi connectivity index (χ3n) is 3.25. The average molecular weight is 247 g/mol. The average Bonchev–Trinajstić information content (AvgIpc) is 2.39. The van der Waals surface area contributed by atoms with E-state index in [9.17, 15) is 4.79 Å². The Morgan fingerprint density at radius 3 is 2.78 bits per heavy atom. The van der Waals surface area contributed by atoms with Crippen LogP contribution in [0.2, 0.25) is 0 Å². The molecule has 0 radical (unpaired) electrons. The van der Waals surface area contributed by atoms with E-state index in [-0.39, 0.29) is 17.9 Å². The Labute approximate surface area is 109 Å². The monoisotopic (exact) mass is 247 g/mol. The van der Waals surface area contributed by atoms with Gasteiger partial charge in [-0.05, 0) is 5.56 Å². The first-order valence-electron chi connectivity index (χ1n) is 6.61. The van der Waals surface area contributed by atoms with E-state index >= 15 is 0 Å². The fourth-order valence-corrected chi connectivity index (χ4v) is 2.29. The van der Waals surface area contributed by atoms with Crippen LogP contribution >= 0.6 is 0 Å². The van der Waals surface area contributed by atoms with E-state index in [4.69, 9.17) is 4.74 Å². The van der Waals surface area contributed by atoms with Gasteiger partial charge in [0.2, 0.25) is 5.91 Å². The second-order valence-electron chi connectivity index (χ2n) is 5.12. The smallest absolute Gasteiger partial charge is 0.225 e. The van der Waals surface area contributed by atoms with Crippen LogP contribution in [-0.2, 0) is 16.0 Å². The Kier molecular flexibility index (Phi) is 4.37. The van der Waals surface area contributed by atoms with Gasteiger partial charge in [0.05, 0.1) is 12.7 Å². The molecule has 1 saturated heterocycles. The van der Waals surface area contributed by atoms with E-state index in [2.05, 4.69) is 12.1 Å². The standard InChI is InChI=1S/C15H21NO2/c1-12(2)15(17)16-8-9-18-14(11-16)10-13-6-4-3-5-7-13/h3-7,12,14H,8-11H2,1-2H3. The summed E-state index contributed by atoms with van der Waals surface area (Å²) in [5.74, 6) is 0.303. The molecule has 1 aromatic rings. The number of nitrogens with zero attached hydrogens (tertiary/aromatic N) is 1. The Hall–Kier alpha value is -1.35. The van der Waals surface area contributed by atoms with Crippen LogP contribution in [0.1, 0.15) is 19.4 Å². The summed E-state index contributed by atoms with van der Waals surface area (Å²) in [6.07, 6.45) is 1.01. The molecule has 18 heavy (non-hydrogen) atoms. The van der Waals surface area contributed by atoms with Crippen molar-refractivity contribution >= 4 is 5.91 Å². The third kappa shape index (κ3) is 3.33. The highest BCUT2D eigenvalue weighted by molar-refractivity contribution is 5.78. The number of benzene rings is 1. The van der Waals surface area contributed by atoms with Crippen molar-refractivity contribution in [2.24, 2.45) is 5.92 Å². The lowest BCUT2D eigenvalue weighted by atomic mass is 10.1. The van der Waals surface area contributed by atoms with Gasteiger partial charge in [0.1, 0.15) is 0 Å². The summed E-state index contributed by atoms with van der Waals surface area (Å²) >= 11 is 0. The lowest BCUT2D eigenvalue weighted by Crippen LogP contribution is -2.47. The van der Waals surface area contributed by atoms with E-state index in [1.165, 1.54) is 5.56 Å². The molecule has 0 spiro atoms. The molecular formula is C15H21NO2. The van der Waals surface area contributed by atoms with E-state index < -0.39 is 0 Å². The lowest BCUT2D eigenvalue weighted by Gasteiger charge is -2.34. The van der Waals surface area contributed by atoms with Gasteiger partial charge in [0, 0.05) is 25.4 Å². The molecule has 2 rings (SSSR count). The summed E-state index contributed by atoms with van der Waals surface area (Å²) in [6.45, 7) is 5.98. The highest BCUT2D eigenvalue weighted by atomic mass is 16.5. The van der Waals surface area contributed by atoms with E-state index in [1.54, 1.807) is 0 Å². The number of carbonyl (C=O) groups is 1. The fraction of sp³-hybridized carbons (Fsp3) is 0.533. The van der Waals surface area contributed by atoms with Gasteiger partial charge in [-0.15, -0.1) is 0 Å². The number of carbonyl (C=O) groups excluding carboxylic acids is 1. The molecule has 0 aromatic heterocycles. The molecule has 1 unspecified atom stereocenters. The van der Waals surface area contributed by atoms with E-state index in [0.29, 0.717) is 13.2 Å². The van der Waals surface area contributed by atoms with Gasteiger partial charge in [0.15, 0.2) is 0 Å². The Bertz CT molecular complexity index is 389. The van der Waals surface area contributed by atoms with Crippen molar-refractivity contribution in [3.8, 4) is 0 Å². The number of rotatable bonds is 3. The highest BCUT2D eigenvalue weighted by Crippen LogP contribution is 2.13. The van der Waals surface area contributed by atoms with Gasteiger partial charge in [-0.1, -0.05) is 44.2 Å². The maximum absolute atomic E-state index is 12.0. The second kappa shape index (κ2) is 6.01. The molecule has 1 fully saturated rings. The topological polar surface area (TPSA) is 29.5 Å². The van der Waals surface area contributed by atoms with Crippen LogP contribution in [0.5, 0.6) is 0 Å². The van der Waals surface area contributed by atoms with Crippen molar-refractivity contribution in [1.82, 2.24) is 4.90 Å². The minimum Gasteiger partial charge on any atom is -0.374 e. The molecule has 1 atom stereocenters. The summed E-state index contributed by atoms with van der Waals surface area (Å²) in [7, 11) is 0. The number of amides is 1. The number of morpholine rings is 1. The Morgan fingerprint density at radius 2 is 2.11 bits per heavy atom. The van der Waals surface area contributed by atoms with Crippen LogP contribution in [0.15, 0.2) is 30.3 Å². The van der Waals surface area contributed by atoms with E-state index in [0.717, 1.165) is 13.0 Å². The van der Waals surface area contributed by atoms with Crippen LogP contribution in [0, 0.1) is 5.92 Å². The third-order valence-corrected chi connectivity index (χ3v) is 3.25.